The summed E-state index contributed by atoms with van der Waals surface area (Å²) in [6.07, 6.45) is 3.57. The Morgan fingerprint density at radius 2 is 1.89 bits per heavy atom. The Morgan fingerprint density at radius 3 is 2.53 bits per heavy atom. The summed E-state index contributed by atoms with van der Waals surface area (Å²) in [5.41, 5.74) is 1.12. The number of fused-ring (bicyclic) bond motifs is 1. The van der Waals surface area contributed by atoms with E-state index in [2.05, 4.69) is 26.0 Å². The first kappa shape index (κ1) is 13.1. The van der Waals surface area contributed by atoms with Gasteiger partial charge in [-0.2, -0.15) is 0 Å². The lowest BCUT2D eigenvalue weighted by atomic mass is 9.64. The summed E-state index contributed by atoms with van der Waals surface area (Å²) >= 11 is 0. The van der Waals surface area contributed by atoms with Gasteiger partial charge in [0.1, 0.15) is 0 Å². The first-order valence-corrected chi connectivity index (χ1v) is 7.45. The number of hydrogen-bond acceptors (Lipinski definition) is 0. The molecule has 2 saturated carbocycles. The Balaban J connectivity index is 1.94. The van der Waals surface area contributed by atoms with Gasteiger partial charge in [-0.05, 0) is 36.2 Å². The van der Waals surface area contributed by atoms with Crippen molar-refractivity contribution in [2.75, 3.05) is 0 Å². The van der Waals surface area contributed by atoms with Gasteiger partial charge in [-0.3, -0.25) is 0 Å². The van der Waals surface area contributed by atoms with Crippen molar-refractivity contribution < 1.29 is 8.78 Å². The lowest BCUT2D eigenvalue weighted by Crippen LogP contribution is -2.35. The van der Waals surface area contributed by atoms with Crippen LogP contribution in [0, 0.1) is 17.8 Å². The lowest BCUT2D eigenvalue weighted by molar-refractivity contribution is 0.0652. The summed E-state index contributed by atoms with van der Waals surface area (Å²) in [5, 5.41) is 0. The van der Waals surface area contributed by atoms with Crippen molar-refractivity contribution in [3.63, 3.8) is 0 Å². The topological polar surface area (TPSA) is 0 Å². The fourth-order valence-electron chi connectivity index (χ4n) is 4.29. The molecule has 19 heavy (non-hydrogen) atoms. The number of rotatable bonds is 3. The lowest BCUT2D eigenvalue weighted by Gasteiger charge is -2.39. The summed E-state index contributed by atoms with van der Waals surface area (Å²) in [4.78, 5) is 0. The molecule has 0 amide bonds. The largest absolute Gasteiger partial charge is 0.254 e. The van der Waals surface area contributed by atoms with Gasteiger partial charge >= 0.3 is 0 Å². The van der Waals surface area contributed by atoms with Crippen LogP contribution in [0.5, 0.6) is 0 Å². The highest BCUT2D eigenvalue weighted by Crippen LogP contribution is 2.67. The van der Waals surface area contributed by atoms with E-state index in [0.29, 0.717) is 0 Å². The standard InChI is InChI=1S/C17H22F2/c1-3-16(2,12-8-5-4-6-9-12)13-10-7-11-14-15(13)17(14,18)19/h4-6,8-9,13-15H,3,7,10-11H2,1-2H3. The number of benzene rings is 1. The minimum absolute atomic E-state index is 0.107. The van der Waals surface area contributed by atoms with Crippen LogP contribution in [0.4, 0.5) is 8.78 Å². The van der Waals surface area contributed by atoms with E-state index >= 15 is 0 Å². The van der Waals surface area contributed by atoms with Gasteiger partial charge in [-0.1, -0.05) is 50.6 Å². The van der Waals surface area contributed by atoms with E-state index in [9.17, 15) is 8.78 Å². The molecule has 1 aromatic carbocycles. The van der Waals surface area contributed by atoms with E-state index in [0.717, 1.165) is 25.7 Å². The second-order valence-electron chi connectivity index (χ2n) is 6.48. The van der Waals surface area contributed by atoms with Crippen LogP contribution in [0.15, 0.2) is 30.3 Å². The van der Waals surface area contributed by atoms with Crippen LogP contribution in [0.3, 0.4) is 0 Å². The van der Waals surface area contributed by atoms with Crippen molar-refractivity contribution in [1.82, 2.24) is 0 Å². The Labute approximate surface area is 114 Å². The van der Waals surface area contributed by atoms with E-state index in [1.807, 2.05) is 18.2 Å². The van der Waals surface area contributed by atoms with Crippen LogP contribution >= 0.6 is 0 Å². The Morgan fingerprint density at radius 1 is 1.21 bits per heavy atom. The molecule has 1 aromatic rings. The van der Waals surface area contributed by atoms with Crippen LogP contribution in [-0.4, -0.2) is 5.92 Å². The average Bonchev–Trinajstić information content (AvgIpc) is 3.02. The van der Waals surface area contributed by atoms with E-state index in [-0.39, 0.29) is 23.2 Å². The van der Waals surface area contributed by atoms with E-state index in [1.54, 1.807) is 0 Å². The molecule has 0 bridgehead atoms. The van der Waals surface area contributed by atoms with Crippen molar-refractivity contribution in [2.45, 2.75) is 50.9 Å². The molecule has 2 aliphatic carbocycles. The highest BCUT2D eigenvalue weighted by atomic mass is 19.3. The number of halogens is 2. The zero-order valence-electron chi connectivity index (χ0n) is 11.7. The zero-order chi connectivity index (χ0) is 13.7. The first-order chi connectivity index (χ1) is 9.02. The molecule has 0 nitrogen and oxygen atoms in total. The van der Waals surface area contributed by atoms with Gasteiger partial charge in [-0.15, -0.1) is 0 Å². The molecular weight excluding hydrogens is 242 g/mol. The summed E-state index contributed by atoms with van der Waals surface area (Å²) in [7, 11) is 0. The van der Waals surface area contributed by atoms with Crippen LogP contribution in [0.25, 0.3) is 0 Å². The van der Waals surface area contributed by atoms with E-state index in [1.165, 1.54) is 5.56 Å². The maximum absolute atomic E-state index is 13.9. The molecule has 0 spiro atoms. The van der Waals surface area contributed by atoms with Crippen molar-refractivity contribution in [3.05, 3.63) is 35.9 Å². The smallest absolute Gasteiger partial charge is 0.206 e. The monoisotopic (exact) mass is 264 g/mol. The molecule has 2 fully saturated rings. The molecule has 104 valence electrons. The average molecular weight is 264 g/mol. The first-order valence-electron chi connectivity index (χ1n) is 7.45. The van der Waals surface area contributed by atoms with Crippen LogP contribution in [0.1, 0.15) is 45.1 Å². The van der Waals surface area contributed by atoms with Gasteiger partial charge < -0.3 is 0 Å². The number of alkyl halides is 2. The SMILES string of the molecule is CCC(C)(c1ccccc1)C1CCCC2C1C2(F)F. The molecule has 3 rings (SSSR count). The molecule has 0 heterocycles. The molecule has 2 heteroatoms. The van der Waals surface area contributed by atoms with Gasteiger partial charge in [0.2, 0.25) is 0 Å². The number of hydrogen-bond donors (Lipinski definition) is 0. The molecule has 4 unspecified atom stereocenters. The maximum Gasteiger partial charge on any atom is 0.254 e. The molecular formula is C17H22F2. The third-order valence-electron chi connectivity index (χ3n) is 5.71. The van der Waals surface area contributed by atoms with Gasteiger partial charge in [0.15, 0.2) is 0 Å². The molecule has 0 radical (unpaired) electrons. The fraction of sp³-hybridized carbons (Fsp3) is 0.647. The molecule has 0 aliphatic heterocycles. The van der Waals surface area contributed by atoms with Gasteiger partial charge in [0.05, 0.1) is 0 Å². The van der Waals surface area contributed by atoms with Gasteiger partial charge in [0, 0.05) is 11.8 Å². The zero-order valence-corrected chi connectivity index (χ0v) is 11.7. The van der Waals surface area contributed by atoms with Crippen LogP contribution < -0.4 is 0 Å². The molecule has 0 saturated heterocycles. The fourth-order valence-corrected chi connectivity index (χ4v) is 4.29. The minimum Gasteiger partial charge on any atom is -0.206 e. The quantitative estimate of drug-likeness (QED) is 0.717. The molecule has 4 atom stereocenters. The van der Waals surface area contributed by atoms with Crippen LogP contribution in [0.2, 0.25) is 0 Å². The predicted octanol–water partition coefficient (Wildman–Crippen LogP) is 5.04. The highest BCUT2D eigenvalue weighted by molar-refractivity contribution is 5.28. The van der Waals surface area contributed by atoms with Crippen LogP contribution in [-0.2, 0) is 5.41 Å². The predicted molar refractivity (Wildman–Crippen MR) is 73.4 cm³/mol. The van der Waals surface area contributed by atoms with Crippen molar-refractivity contribution >= 4 is 0 Å². The second kappa shape index (κ2) is 4.29. The van der Waals surface area contributed by atoms with E-state index in [4.69, 9.17) is 0 Å². The molecule has 0 aromatic heterocycles. The Hall–Kier alpha value is -0.920. The summed E-state index contributed by atoms with van der Waals surface area (Å²) < 4.78 is 27.9. The normalized spacial score (nSPS) is 35.3. The van der Waals surface area contributed by atoms with Gasteiger partial charge in [-0.25, -0.2) is 8.78 Å². The third kappa shape index (κ3) is 1.83. The van der Waals surface area contributed by atoms with Crippen molar-refractivity contribution in [3.8, 4) is 0 Å². The summed E-state index contributed by atoms with van der Waals surface area (Å²) in [6.45, 7) is 4.32. The minimum atomic E-state index is -2.40. The Kier molecular flexibility index (Phi) is 2.95. The van der Waals surface area contributed by atoms with Gasteiger partial charge in [0.25, 0.3) is 5.92 Å². The highest BCUT2D eigenvalue weighted by Gasteiger charge is 2.72. The van der Waals surface area contributed by atoms with E-state index < -0.39 is 5.92 Å². The summed E-state index contributed by atoms with van der Waals surface area (Å²) in [6, 6.07) is 10.2. The van der Waals surface area contributed by atoms with Crippen molar-refractivity contribution in [1.29, 1.82) is 0 Å². The summed E-state index contributed by atoms with van der Waals surface area (Å²) in [5.74, 6) is -2.97. The maximum atomic E-state index is 13.9. The third-order valence-corrected chi connectivity index (χ3v) is 5.71. The molecule has 0 N–H and O–H groups in total. The second-order valence-corrected chi connectivity index (χ2v) is 6.48. The van der Waals surface area contributed by atoms with Crippen molar-refractivity contribution in [2.24, 2.45) is 17.8 Å². The Bertz CT molecular complexity index is 454. The molecule has 2 aliphatic rings.